The Morgan fingerprint density at radius 1 is 0.805 bits per heavy atom. The molecule has 5 aromatic heterocycles. The molecule has 0 saturated heterocycles. The lowest BCUT2D eigenvalue weighted by molar-refractivity contribution is -0.116. The standard InChI is InChI=1S/C5H5N5OS.C5H5N5S.C5H6N2OS.C4H5N3OS/c6-4-8-2-1(3(11)10-4)7-5(12)9-2;6-3-2-4(8-1-7-3)10-5(11)9-2;1-3-6-4(8)2-5(9)7-3;5-2-1-3(9)7-4(8)6-2/h(H5,6,7,8,9,10,11,12);1H,(H4,6,7,8,9,10,11);2,7,9H,1H2,(H,6,8);1H,(H4,5,6,7,8,9). The third-order valence-corrected chi connectivity index (χ3v) is 5.23. The van der Waals surface area contributed by atoms with Crippen molar-refractivity contribution in [3.63, 3.8) is 0 Å². The predicted molar refractivity (Wildman–Crippen MR) is 164 cm³/mol. The number of fused-ring (bicyclic) bond motifs is 2. The van der Waals surface area contributed by atoms with Crippen LogP contribution in [0.1, 0.15) is 0 Å². The summed E-state index contributed by atoms with van der Waals surface area (Å²) in [5.74, 6) is 1.03. The van der Waals surface area contributed by atoms with E-state index in [2.05, 4.69) is 91.9 Å². The molecule has 0 aromatic carbocycles. The Hall–Kier alpha value is -5.06. The van der Waals surface area contributed by atoms with Crippen LogP contribution in [-0.4, -0.2) is 55.7 Å². The van der Waals surface area contributed by atoms with Gasteiger partial charge in [-0.1, -0.05) is 18.8 Å². The lowest BCUT2D eigenvalue weighted by atomic mass is 10.5. The van der Waals surface area contributed by atoms with Crippen LogP contribution in [-0.2, 0) is 4.79 Å². The number of carbonyl (C=O) groups is 1. The molecule has 214 valence electrons. The van der Waals surface area contributed by atoms with Gasteiger partial charge in [0.15, 0.2) is 26.7 Å². The van der Waals surface area contributed by atoms with E-state index in [1.54, 1.807) is 0 Å². The normalized spacial score (nSPS) is 12.0. The molecule has 0 saturated carbocycles. The molecule has 18 nitrogen and oxygen atoms in total. The Kier molecular flexibility index (Phi) is 9.91. The number of amides is 1. The number of hydrogen-bond acceptors (Lipinski definition) is 14. The first-order chi connectivity index (χ1) is 19.3. The zero-order valence-electron chi connectivity index (χ0n) is 20.4. The van der Waals surface area contributed by atoms with Crippen molar-refractivity contribution >= 4 is 95.1 Å². The van der Waals surface area contributed by atoms with E-state index < -0.39 is 0 Å². The minimum atomic E-state index is -0.375. The Bertz CT molecular complexity index is 2030. The van der Waals surface area contributed by atoms with E-state index in [1.165, 1.54) is 18.5 Å². The third kappa shape index (κ3) is 8.99. The van der Waals surface area contributed by atoms with Crippen LogP contribution in [0.3, 0.4) is 0 Å². The fraction of sp³-hybridized carbons (Fsp3) is 0. The molecule has 0 spiro atoms. The van der Waals surface area contributed by atoms with Gasteiger partial charge in [0.1, 0.15) is 33.6 Å². The predicted octanol–water partition coefficient (Wildman–Crippen LogP) is 0.452. The average Bonchev–Trinajstić information content (AvgIpc) is 3.40. The molecule has 0 bridgehead atoms. The molecule has 22 heteroatoms. The van der Waals surface area contributed by atoms with Crippen molar-refractivity contribution in [3.05, 3.63) is 70.9 Å². The van der Waals surface area contributed by atoms with Crippen molar-refractivity contribution in [2.45, 2.75) is 0 Å². The van der Waals surface area contributed by atoms with Gasteiger partial charge in [-0.2, -0.15) is 4.98 Å². The molecular formula is C19H21N15O3S4. The zero-order valence-corrected chi connectivity index (χ0v) is 23.8. The smallest absolute Gasteiger partial charge is 0.325 e. The van der Waals surface area contributed by atoms with E-state index >= 15 is 0 Å². The van der Waals surface area contributed by atoms with E-state index in [9.17, 15) is 14.4 Å². The maximum Gasteiger partial charge on any atom is 0.325 e. The van der Waals surface area contributed by atoms with Gasteiger partial charge >= 0.3 is 5.69 Å². The summed E-state index contributed by atoms with van der Waals surface area (Å²) in [5.41, 5.74) is 17.3. The molecule has 0 atom stereocenters. The first kappa shape index (κ1) is 30.5. The number of hydrogen-bond donors (Lipinski definition) is 13. The summed E-state index contributed by atoms with van der Waals surface area (Å²) in [6, 6.07) is 1.47. The second-order valence-electron chi connectivity index (χ2n) is 7.48. The third-order valence-electron chi connectivity index (χ3n) is 4.36. The highest BCUT2D eigenvalue weighted by Crippen LogP contribution is 2.10. The van der Waals surface area contributed by atoms with Crippen molar-refractivity contribution in [2.24, 2.45) is 0 Å². The Balaban J connectivity index is 0.000000152. The lowest BCUT2D eigenvalue weighted by Gasteiger charge is -2.13. The quantitative estimate of drug-likeness (QED) is 0.0813. The first-order valence-corrected chi connectivity index (χ1v) is 12.4. The number of nitrogens with one attached hydrogen (secondary N) is 9. The van der Waals surface area contributed by atoms with Crippen molar-refractivity contribution in [1.29, 1.82) is 0 Å². The molecule has 6 rings (SSSR count). The average molecular weight is 636 g/mol. The molecule has 1 aliphatic heterocycles. The van der Waals surface area contributed by atoms with Crippen LogP contribution in [0.2, 0.25) is 0 Å². The van der Waals surface area contributed by atoms with Gasteiger partial charge in [0.05, 0.1) is 5.03 Å². The number of H-pyrrole nitrogens is 7. The second-order valence-corrected chi connectivity index (χ2v) is 9.22. The highest BCUT2D eigenvalue weighted by Gasteiger charge is 2.06. The molecule has 0 aliphatic carbocycles. The molecule has 5 aromatic rings. The van der Waals surface area contributed by atoms with Crippen LogP contribution in [0.4, 0.5) is 17.6 Å². The summed E-state index contributed by atoms with van der Waals surface area (Å²) in [5, 5.41) is 5.67. The van der Waals surface area contributed by atoms with Crippen molar-refractivity contribution < 1.29 is 4.79 Å². The summed E-state index contributed by atoms with van der Waals surface area (Å²) < 4.78 is 1.21. The van der Waals surface area contributed by atoms with Crippen LogP contribution in [0, 0.1) is 14.2 Å². The molecule has 0 fully saturated rings. The molecular weight excluding hydrogens is 615 g/mol. The number of aromatic nitrogens is 10. The number of imidazole rings is 2. The van der Waals surface area contributed by atoms with Gasteiger partial charge in [-0.15, -0.1) is 12.6 Å². The number of rotatable bonds is 0. The van der Waals surface area contributed by atoms with Crippen LogP contribution < -0.4 is 39.1 Å². The lowest BCUT2D eigenvalue weighted by Crippen LogP contribution is -2.33. The SMILES string of the molecule is C=C1NC(=O)C=C(S)N1.Nc1cc(=S)[nH]c(=O)[nH]1.Nc1nc2[nH]c(=S)[nH]c2c(=O)[nH]1.Nc1ncnc2[nH]c(=S)[nH]c12. The highest BCUT2D eigenvalue weighted by atomic mass is 32.1. The first-order valence-electron chi connectivity index (χ1n) is 10.7. The summed E-state index contributed by atoms with van der Waals surface area (Å²) >= 11 is 18.1. The Morgan fingerprint density at radius 3 is 2.05 bits per heavy atom. The number of carbonyl (C=O) groups excluding carboxylic acids is 1. The van der Waals surface area contributed by atoms with E-state index in [-0.39, 0.29) is 28.9 Å². The van der Waals surface area contributed by atoms with Gasteiger partial charge in [0, 0.05) is 12.1 Å². The highest BCUT2D eigenvalue weighted by molar-refractivity contribution is 7.84. The fourth-order valence-corrected chi connectivity index (χ4v) is 3.71. The van der Waals surface area contributed by atoms with Gasteiger partial charge in [-0.3, -0.25) is 24.5 Å². The van der Waals surface area contributed by atoms with Crippen molar-refractivity contribution in [3.8, 4) is 0 Å². The van der Waals surface area contributed by atoms with Crippen LogP contribution in [0.25, 0.3) is 22.3 Å². The van der Waals surface area contributed by atoms with Crippen LogP contribution in [0.15, 0.2) is 45.5 Å². The van der Waals surface area contributed by atoms with Crippen LogP contribution >= 0.6 is 49.3 Å². The Morgan fingerprint density at radius 2 is 1.46 bits per heavy atom. The van der Waals surface area contributed by atoms with Gasteiger partial charge in [0.25, 0.3) is 11.5 Å². The van der Waals surface area contributed by atoms with E-state index in [4.69, 9.17) is 41.6 Å². The van der Waals surface area contributed by atoms with Crippen LogP contribution in [0.5, 0.6) is 0 Å². The van der Waals surface area contributed by atoms with E-state index in [0.29, 0.717) is 53.2 Å². The molecule has 15 N–H and O–H groups in total. The van der Waals surface area contributed by atoms with E-state index in [0.717, 1.165) is 0 Å². The molecule has 0 unspecified atom stereocenters. The molecule has 1 aliphatic rings. The summed E-state index contributed by atoms with van der Waals surface area (Å²) in [4.78, 5) is 61.7. The summed E-state index contributed by atoms with van der Waals surface area (Å²) in [7, 11) is 0. The number of nitrogen functional groups attached to an aromatic ring is 3. The largest absolute Gasteiger partial charge is 0.385 e. The maximum atomic E-state index is 11.1. The monoisotopic (exact) mass is 635 g/mol. The molecule has 41 heavy (non-hydrogen) atoms. The minimum absolute atomic E-state index is 0.0674. The molecule has 6 heterocycles. The van der Waals surface area contributed by atoms with Gasteiger partial charge in [-0.05, 0) is 24.4 Å². The number of thiol groups is 1. The van der Waals surface area contributed by atoms with Gasteiger partial charge in [-0.25, -0.2) is 14.8 Å². The Labute approximate surface area is 247 Å². The maximum absolute atomic E-state index is 11.1. The zero-order chi connectivity index (χ0) is 30.3. The summed E-state index contributed by atoms with van der Waals surface area (Å²) in [6.07, 6.45) is 2.73. The molecule has 0 radical (unpaired) electrons. The molecule has 1 amide bonds. The van der Waals surface area contributed by atoms with Gasteiger partial charge in [0.2, 0.25) is 5.95 Å². The minimum Gasteiger partial charge on any atom is -0.385 e. The topological polar surface area (TPSA) is 303 Å². The van der Waals surface area contributed by atoms with Crippen molar-refractivity contribution in [2.75, 3.05) is 17.2 Å². The number of aromatic amines is 7. The van der Waals surface area contributed by atoms with E-state index in [1.807, 2.05) is 0 Å². The second kappa shape index (κ2) is 13.3. The summed E-state index contributed by atoms with van der Waals surface area (Å²) in [6.45, 7) is 3.48. The van der Waals surface area contributed by atoms with Gasteiger partial charge < -0.3 is 47.8 Å². The number of anilines is 3. The number of nitrogens with two attached hydrogens (primary N) is 3. The number of nitrogens with zero attached hydrogens (tertiary/aromatic N) is 3. The fourth-order valence-electron chi connectivity index (χ4n) is 2.84. The van der Waals surface area contributed by atoms with Crippen molar-refractivity contribution in [1.82, 2.24) is 60.5 Å².